The van der Waals surface area contributed by atoms with Gasteiger partial charge in [0.15, 0.2) is 0 Å². The van der Waals surface area contributed by atoms with Crippen LogP contribution in [-0.2, 0) is 7.05 Å². The second kappa shape index (κ2) is 4.97. The Labute approximate surface area is 104 Å². The lowest BCUT2D eigenvalue weighted by Crippen LogP contribution is -2.16. The number of nitrogens with one attached hydrogen (secondary N) is 1. The van der Waals surface area contributed by atoms with Crippen LogP contribution in [0.1, 0.15) is 21.1 Å². The Bertz CT molecular complexity index is 540. The molecule has 0 saturated heterocycles. The van der Waals surface area contributed by atoms with Crippen LogP contribution in [0.3, 0.4) is 0 Å². The van der Waals surface area contributed by atoms with Crippen molar-refractivity contribution in [3.05, 3.63) is 45.9 Å². The predicted molar refractivity (Wildman–Crippen MR) is 69.5 cm³/mol. The van der Waals surface area contributed by atoms with E-state index in [1.807, 2.05) is 42.1 Å². The Balaban J connectivity index is 1.99. The minimum atomic E-state index is -0.179. The summed E-state index contributed by atoms with van der Waals surface area (Å²) in [6, 6.07) is 7.56. The summed E-state index contributed by atoms with van der Waals surface area (Å²) in [6.07, 6.45) is 1.64. The van der Waals surface area contributed by atoms with Crippen molar-refractivity contribution in [1.29, 1.82) is 0 Å². The zero-order chi connectivity index (χ0) is 12.3. The molecule has 0 unspecified atom stereocenters. The van der Waals surface area contributed by atoms with Crippen LogP contribution in [0.15, 0.2) is 34.7 Å². The Morgan fingerprint density at radius 3 is 2.88 bits per heavy atom. The number of aromatic nitrogens is 1. The van der Waals surface area contributed by atoms with Crippen LogP contribution in [0.4, 0.5) is 0 Å². The number of hydrogen-bond donors (Lipinski definition) is 1. The van der Waals surface area contributed by atoms with Gasteiger partial charge in [-0.15, -0.1) is 11.3 Å². The van der Waals surface area contributed by atoms with E-state index in [1.165, 1.54) is 11.3 Å². The molecule has 0 aromatic carbocycles. The number of carbonyl (C=O) groups excluding carboxylic acids is 1. The van der Waals surface area contributed by atoms with Crippen molar-refractivity contribution in [3.63, 3.8) is 0 Å². The average Bonchev–Trinajstić information content (AvgIpc) is 2.93. The fraction of sp³-hybridized carbons (Fsp3) is 0.167. The van der Waals surface area contributed by atoms with Crippen LogP contribution in [0.5, 0.6) is 0 Å². The molecule has 1 amide bonds. The third-order valence-electron chi connectivity index (χ3n) is 2.52. The predicted octanol–water partition coefficient (Wildman–Crippen LogP) is 2.16. The van der Waals surface area contributed by atoms with Gasteiger partial charge >= 0.3 is 0 Å². The summed E-state index contributed by atoms with van der Waals surface area (Å²) in [6.45, 7) is 2.02. The van der Waals surface area contributed by atoms with Crippen LogP contribution >= 0.6 is 11.3 Å². The van der Waals surface area contributed by atoms with Crippen molar-refractivity contribution < 1.29 is 4.79 Å². The molecule has 0 aliphatic heterocycles. The third-order valence-corrected chi connectivity index (χ3v) is 3.39. The minimum Gasteiger partial charge on any atom is -0.347 e. The second-order valence-corrected chi connectivity index (χ2v) is 4.58. The molecule has 2 aromatic rings. The number of thiophene rings is 1. The van der Waals surface area contributed by atoms with Crippen molar-refractivity contribution in [3.8, 4) is 0 Å². The maximum atomic E-state index is 11.6. The van der Waals surface area contributed by atoms with Gasteiger partial charge in [-0.25, -0.2) is 5.43 Å². The second-order valence-electron chi connectivity index (χ2n) is 3.64. The van der Waals surface area contributed by atoms with Gasteiger partial charge in [-0.2, -0.15) is 5.10 Å². The molecule has 0 atom stereocenters. The molecule has 0 saturated carbocycles. The number of carbonyl (C=O) groups is 1. The van der Waals surface area contributed by atoms with Gasteiger partial charge in [-0.05, 0) is 30.5 Å². The van der Waals surface area contributed by atoms with Crippen LogP contribution in [0, 0.1) is 6.92 Å². The molecule has 0 fully saturated rings. The smallest absolute Gasteiger partial charge is 0.281 e. The van der Waals surface area contributed by atoms with E-state index in [4.69, 9.17) is 0 Å². The van der Waals surface area contributed by atoms with Crippen molar-refractivity contribution in [2.45, 2.75) is 6.92 Å². The van der Waals surface area contributed by atoms with Crippen LogP contribution < -0.4 is 5.43 Å². The number of rotatable bonds is 3. The van der Waals surface area contributed by atoms with Gasteiger partial charge < -0.3 is 4.57 Å². The first-order valence-electron chi connectivity index (χ1n) is 5.17. The Morgan fingerprint density at radius 1 is 1.47 bits per heavy atom. The summed E-state index contributed by atoms with van der Waals surface area (Å²) in [5.74, 6) is -0.179. The number of nitrogens with zero attached hydrogens (tertiary/aromatic N) is 2. The van der Waals surface area contributed by atoms with E-state index in [2.05, 4.69) is 10.5 Å². The van der Waals surface area contributed by atoms with E-state index in [1.54, 1.807) is 12.3 Å². The normalized spacial score (nSPS) is 10.9. The van der Waals surface area contributed by atoms with E-state index in [-0.39, 0.29) is 5.91 Å². The number of hydrazone groups is 1. The maximum Gasteiger partial charge on any atom is 0.281 e. The zero-order valence-corrected chi connectivity index (χ0v) is 10.5. The first kappa shape index (κ1) is 11.6. The van der Waals surface area contributed by atoms with E-state index in [9.17, 15) is 4.79 Å². The highest BCUT2D eigenvalue weighted by Gasteiger charge is 2.04. The van der Waals surface area contributed by atoms with Gasteiger partial charge in [0.2, 0.25) is 0 Å². The Hall–Kier alpha value is -1.88. The molecule has 0 aliphatic rings. The summed E-state index contributed by atoms with van der Waals surface area (Å²) in [4.78, 5) is 12.2. The Kier molecular flexibility index (Phi) is 3.39. The summed E-state index contributed by atoms with van der Waals surface area (Å²) < 4.78 is 2.00. The molecule has 17 heavy (non-hydrogen) atoms. The van der Waals surface area contributed by atoms with Gasteiger partial charge in [0.05, 0.1) is 16.8 Å². The number of aryl methyl sites for hydroxylation is 1. The van der Waals surface area contributed by atoms with Gasteiger partial charge in [0, 0.05) is 12.7 Å². The minimum absolute atomic E-state index is 0.179. The van der Waals surface area contributed by atoms with Crippen molar-refractivity contribution in [2.24, 2.45) is 12.1 Å². The lowest BCUT2D eigenvalue weighted by molar-refractivity contribution is 0.0959. The van der Waals surface area contributed by atoms with E-state index >= 15 is 0 Å². The first-order chi connectivity index (χ1) is 8.18. The molecule has 0 bridgehead atoms. The summed E-state index contributed by atoms with van der Waals surface area (Å²) in [7, 11) is 1.96. The lowest BCUT2D eigenvalue weighted by atomic mass is 10.4. The highest BCUT2D eigenvalue weighted by molar-refractivity contribution is 7.12. The monoisotopic (exact) mass is 247 g/mol. The van der Waals surface area contributed by atoms with Crippen molar-refractivity contribution in [2.75, 3.05) is 0 Å². The maximum absolute atomic E-state index is 11.6. The van der Waals surface area contributed by atoms with Gasteiger partial charge in [0.1, 0.15) is 0 Å². The zero-order valence-electron chi connectivity index (χ0n) is 9.68. The molecular formula is C12H13N3OS. The first-order valence-corrected chi connectivity index (χ1v) is 6.05. The molecule has 4 nitrogen and oxygen atoms in total. The standard InChI is InChI=1S/C12H13N3OS/c1-9-5-6-10(15(9)2)8-13-14-12(16)11-4-3-7-17-11/h3-8H,1-2H3,(H,14,16)/b13-8-. The van der Waals surface area contributed by atoms with Crippen LogP contribution in [0.2, 0.25) is 0 Å². The molecule has 0 spiro atoms. The SMILES string of the molecule is Cc1ccc(/C=N\NC(=O)c2cccs2)n1C. The van der Waals surface area contributed by atoms with E-state index in [0.29, 0.717) is 4.88 Å². The highest BCUT2D eigenvalue weighted by Crippen LogP contribution is 2.07. The molecule has 2 heterocycles. The molecular weight excluding hydrogens is 234 g/mol. The quantitative estimate of drug-likeness (QED) is 0.655. The molecule has 88 valence electrons. The molecule has 2 aromatic heterocycles. The van der Waals surface area contributed by atoms with Crippen molar-refractivity contribution in [1.82, 2.24) is 9.99 Å². The van der Waals surface area contributed by atoms with Gasteiger partial charge in [0.25, 0.3) is 5.91 Å². The van der Waals surface area contributed by atoms with E-state index in [0.717, 1.165) is 11.4 Å². The van der Waals surface area contributed by atoms with Crippen LogP contribution in [-0.4, -0.2) is 16.7 Å². The summed E-state index contributed by atoms with van der Waals surface area (Å²) >= 11 is 1.39. The summed E-state index contributed by atoms with van der Waals surface area (Å²) in [5.41, 5.74) is 4.60. The Morgan fingerprint density at radius 2 is 2.29 bits per heavy atom. The fourth-order valence-corrected chi connectivity index (χ4v) is 2.00. The summed E-state index contributed by atoms with van der Waals surface area (Å²) in [5, 5.41) is 5.79. The average molecular weight is 247 g/mol. The lowest BCUT2D eigenvalue weighted by Gasteiger charge is -1.99. The molecule has 2 rings (SSSR count). The third kappa shape index (κ3) is 2.62. The fourth-order valence-electron chi connectivity index (χ4n) is 1.38. The topological polar surface area (TPSA) is 46.4 Å². The number of amides is 1. The van der Waals surface area contributed by atoms with Crippen LogP contribution in [0.25, 0.3) is 0 Å². The molecule has 5 heteroatoms. The van der Waals surface area contributed by atoms with Crippen molar-refractivity contribution >= 4 is 23.5 Å². The highest BCUT2D eigenvalue weighted by atomic mass is 32.1. The molecule has 0 radical (unpaired) electrons. The molecule has 1 N–H and O–H groups in total. The van der Waals surface area contributed by atoms with Gasteiger partial charge in [-0.1, -0.05) is 6.07 Å². The van der Waals surface area contributed by atoms with Gasteiger partial charge in [-0.3, -0.25) is 4.79 Å². The van der Waals surface area contributed by atoms with E-state index < -0.39 is 0 Å². The molecule has 0 aliphatic carbocycles. The number of hydrogen-bond acceptors (Lipinski definition) is 3. The largest absolute Gasteiger partial charge is 0.347 e.